The zero-order chi connectivity index (χ0) is 11.3. The molecule has 0 spiro atoms. The van der Waals surface area contributed by atoms with Crippen molar-refractivity contribution in [1.82, 2.24) is 0 Å². The van der Waals surface area contributed by atoms with E-state index in [2.05, 4.69) is 0 Å². The smallest absolute Gasteiger partial charge is 0.153 e. The van der Waals surface area contributed by atoms with Crippen molar-refractivity contribution in [3.63, 3.8) is 0 Å². The van der Waals surface area contributed by atoms with Gasteiger partial charge in [0.1, 0.15) is 13.5 Å². The highest BCUT2D eigenvalue weighted by molar-refractivity contribution is 7.96. The van der Waals surface area contributed by atoms with E-state index in [1.54, 1.807) is 12.1 Å². The molecule has 0 bridgehead atoms. The van der Waals surface area contributed by atoms with Gasteiger partial charge in [-0.05, 0) is 27.3 Å². The molecule has 0 fully saturated rings. The van der Waals surface area contributed by atoms with Crippen LogP contribution in [-0.2, 0) is 0 Å². The molecule has 13 heavy (non-hydrogen) atoms. The summed E-state index contributed by atoms with van der Waals surface area (Å²) in [7, 11) is -0.917. The van der Waals surface area contributed by atoms with Crippen molar-refractivity contribution in [1.29, 1.82) is 2.67 Å². The minimum absolute atomic E-state index is 0.256. The quantitative estimate of drug-likeness (QED) is 0.405. The maximum atomic E-state index is 10.7. The lowest BCUT2D eigenvalue weighted by Crippen LogP contribution is -1.91. The molecule has 0 saturated heterocycles. The minimum atomic E-state index is -0.917. The molecule has 68 valence electrons. The van der Waals surface area contributed by atoms with Gasteiger partial charge in [0.15, 0.2) is 6.29 Å². The molecule has 0 aromatic heterocycles. The van der Waals surface area contributed by atoms with E-state index < -0.39 is 7.77 Å². The van der Waals surface area contributed by atoms with Crippen LogP contribution in [-0.4, -0.2) is 22.4 Å². The van der Waals surface area contributed by atoms with Gasteiger partial charge in [-0.15, -0.1) is 0 Å². The molecule has 0 N–H and O–H groups in total. The monoisotopic (exact) mass is 197 g/mol. The number of benzene rings is 1. The maximum absolute atomic E-state index is 10.7. The van der Waals surface area contributed by atoms with Gasteiger partial charge < -0.3 is 4.18 Å². The molecule has 0 radical (unpaired) electrons. The van der Waals surface area contributed by atoms with Gasteiger partial charge in [0.05, 0.1) is 5.56 Å². The van der Waals surface area contributed by atoms with E-state index in [0.29, 0.717) is 11.3 Å². The molecule has 2 nitrogen and oxygen atoms in total. The van der Waals surface area contributed by atoms with E-state index in [4.69, 9.17) is 6.85 Å². The summed E-state index contributed by atoms with van der Waals surface area (Å²) < 4.78 is 19.2. The van der Waals surface area contributed by atoms with Gasteiger partial charge in [-0.3, -0.25) is 4.79 Å². The summed E-state index contributed by atoms with van der Waals surface area (Å²) in [6.45, 7) is 1.91. The van der Waals surface area contributed by atoms with Crippen LogP contribution in [0.2, 0.25) is 0 Å². The van der Waals surface area contributed by atoms with E-state index in [-0.39, 0.29) is 5.65 Å². The fraction of sp³-hybridized carbons (Fsp3) is 0.222. The number of carbonyl (C=O) groups excluding carboxylic acids is 1. The van der Waals surface area contributed by atoms with Crippen LogP contribution in [0.3, 0.4) is 0 Å². The van der Waals surface area contributed by atoms with Gasteiger partial charge in [-0.2, -0.15) is 0 Å². The number of aryl methyl sites for hydroxylation is 1. The molecule has 1 aromatic rings. The van der Waals surface area contributed by atoms with Crippen LogP contribution in [0.5, 0.6) is 5.75 Å². The summed E-state index contributed by atoms with van der Waals surface area (Å²) in [5, 5.41) is 0. The molecule has 1 rings (SSSR count). The second kappa shape index (κ2) is 4.97. The molecule has 0 aliphatic rings. The lowest BCUT2D eigenvalue weighted by molar-refractivity contribution is 0.112. The molecule has 0 atom stereocenters. The van der Waals surface area contributed by atoms with Crippen molar-refractivity contribution in [3.05, 3.63) is 29.3 Å². The third-order valence-corrected chi connectivity index (χ3v) is 1.95. The predicted molar refractivity (Wildman–Crippen MR) is 58.2 cm³/mol. The van der Waals surface area contributed by atoms with Crippen LogP contribution in [0.4, 0.5) is 0 Å². The van der Waals surface area contributed by atoms with Crippen molar-refractivity contribution in [2.45, 2.75) is 6.92 Å². The van der Waals surface area contributed by atoms with Gasteiger partial charge in [0.25, 0.3) is 0 Å². The molecule has 4 heteroatoms. The Hall–Kier alpha value is -0.895. The largest absolute Gasteiger partial charge is 0.426 e. The van der Waals surface area contributed by atoms with Crippen molar-refractivity contribution in [2.24, 2.45) is 0 Å². The second-order valence-corrected chi connectivity index (χ2v) is 3.26. The van der Waals surface area contributed by atoms with Crippen LogP contribution in [0, 0.1) is 6.92 Å². The highest BCUT2D eigenvalue weighted by atomic mass is 32.2. The Kier molecular flexibility index (Phi) is 2.87. The Morgan fingerprint density at radius 1 is 1.92 bits per heavy atom. The van der Waals surface area contributed by atoms with Gasteiger partial charge in [-0.25, -0.2) is 0 Å². The molecule has 0 heterocycles. The summed E-state index contributed by atoms with van der Waals surface area (Å²) in [4.78, 5) is 10.7. The summed E-state index contributed by atoms with van der Waals surface area (Å²) in [5.74, 6) is 0.496. The normalized spacial score (nSPS) is 11.5. The number of carbonyl (C=O) groups is 1. The van der Waals surface area contributed by atoms with E-state index in [1.807, 2.05) is 13.0 Å². The summed E-state index contributed by atoms with van der Waals surface area (Å²) in [6.07, 6.45) is 0.730. The highest BCUT2D eigenvalue weighted by Gasteiger charge is 2.02. The Balaban J connectivity index is 2.66. The van der Waals surface area contributed by atoms with Crippen LogP contribution in [0.15, 0.2) is 18.2 Å². The minimum Gasteiger partial charge on any atom is -0.426 e. The third kappa shape index (κ3) is 2.81. The van der Waals surface area contributed by atoms with Gasteiger partial charge >= 0.3 is 0 Å². The summed E-state index contributed by atoms with van der Waals surface area (Å²) in [6, 6.07) is 5.29. The maximum Gasteiger partial charge on any atom is 0.153 e. The average Bonchev–Trinajstić information content (AvgIpc) is 2.17. The SMILES string of the molecule is [2H]B([3H])CSOc1cc(C)ccc1C=O. The topological polar surface area (TPSA) is 26.3 Å². The Morgan fingerprint density at radius 2 is 2.77 bits per heavy atom. The lowest BCUT2D eigenvalue weighted by atomic mass is 10.1. The van der Waals surface area contributed by atoms with Crippen molar-refractivity contribution < 1.29 is 8.98 Å². The number of aldehydes is 1. The Morgan fingerprint density at radius 3 is 3.46 bits per heavy atom. The number of rotatable bonds is 5. The van der Waals surface area contributed by atoms with Crippen LogP contribution >= 0.6 is 12.0 Å². The summed E-state index contributed by atoms with van der Waals surface area (Å²) >= 11 is 1.02. The first-order valence-electron chi connectivity index (χ1n) is 4.98. The van der Waals surface area contributed by atoms with Crippen LogP contribution in [0.25, 0.3) is 0 Å². The van der Waals surface area contributed by atoms with Crippen LogP contribution < -0.4 is 4.18 Å². The van der Waals surface area contributed by atoms with Gasteiger partial charge in [0.2, 0.25) is 0 Å². The standard InChI is InChI=1S/C9H11BO2S/c1-7-2-3-8(5-11)9(4-7)12-13-6-10/h2-5H,6,10H2,1H3/i10TD. The van der Waals surface area contributed by atoms with E-state index in [0.717, 1.165) is 23.9 Å². The second-order valence-electron chi connectivity index (χ2n) is 2.53. The molecule has 0 aliphatic carbocycles. The Labute approximate surface area is 86.0 Å². The summed E-state index contributed by atoms with van der Waals surface area (Å²) in [5.41, 5.74) is 1.75. The zero-order valence-corrected chi connectivity index (χ0v) is 8.14. The number of hydrogen-bond donors (Lipinski definition) is 0. The van der Waals surface area contributed by atoms with Gasteiger partial charge in [-0.1, -0.05) is 6.07 Å². The molecule has 0 unspecified atom stereocenters. The van der Waals surface area contributed by atoms with E-state index in [1.165, 1.54) is 0 Å². The van der Waals surface area contributed by atoms with E-state index >= 15 is 0 Å². The first kappa shape index (κ1) is 7.50. The molecule has 0 aliphatic heterocycles. The molecule has 0 saturated carbocycles. The van der Waals surface area contributed by atoms with Gasteiger partial charge in [0, 0.05) is 17.7 Å². The van der Waals surface area contributed by atoms with Crippen LogP contribution in [0.1, 0.15) is 15.9 Å². The Bertz CT molecular complexity index is 347. The lowest BCUT2D eigenvalue weighted by Gasteiger charge is -2.05. The van der Waals surface area contributed by atoms with E-state index in [9.17, 15) is 4.79 Å². The highest BCUT2D eigenvalue weighted by Crippen LogP contribution is 2.21. The third-order valence-electron chi connectivity index (χ3n) is 1.51. The van der Waals surface area contributed by atoms with Crippen molar-refractivity contribution in [2.75, 3.05) is 5.65 Å². The van der Waals surface area contributed by atoms with Crippen molar-refractivity contribution in [3.8, 4) is 5.75 Å². The molecular formula is C9H11BO2S. The first-order valence-corrected chi connectivity index (χ1v) is 4.74. The predicted octanol–water partition coefficient (Wildman–Crippen LogP) is 1.43. The fourth-order valence-corrected chi connectivity index (χ4v) is 1.25. The first-order chi connectivity index (χ1) is 7.13. The average molecular weight is 197 g/mol. The zero-order valence-electron chi connectivity index (χ0n) is 9.32. The molecule has 0 amide bonds. The molecule has 1 aromatic carbocycles. The molecular weight excluding hydrogens is 183 g/mol. The fourth-order valence-electron chi connectivity index (χ4n) is 0.909. The number of hydrogen-bond acceptors (Lipinski definition) is 3. The van der Waals surface area contributed by atoms with Crippen molar-refractivity contribution >= 4 is 26.1 Å².